The summed E-state index contributed by atoms with van der Waals surface area (Å²) in [6, 6.07) is 0. The number of phosphoric ester groups is 1. The van der Waals surface area contributed by atoms with Crippen molar-refractivity contribution in [1.82, 2.24) is 0 Å². The van der Waals surface area contributed by atoms with Crippen molar-refractivity contribution in [2.45, 2.75) is 167 Å². The first-order chi connectivity index (χ1) is 26.7. The maximum atomic E-state index is 12.6. The predicted octanol–water partition coefficient (Wildman–Crippen LogP) is 10.9. The SMILES string of the molecule is CC/C=C/C/C=C/C/C=C/C/C=C/C/C=C/CCCC(=O)O[C@H](COC(=O)CCCCCCC/C=C/CCCCCCCC)COP(=O)(O)OC[C@@H](O)CO. The standard InChI is InChI=1S/C44H75O10P/c1-3-5-7-9-11-13-15-17-19-20-22-24-26-28-30-32-34-36-44(48)54-42(40-53-55(49,50)52-38-41(46)37-45)39-51-43(47)35-33-31-29-27-25-23-21-18-16-14-12-10-8-6-4-2/h5,7,11,13,17-19,21-22,24,28,30,41-42,45-46H,3-4,6,8-10,12,14-16,20,23,25-27,29,31-40H2,1-2H3,(H,49,50)/b7-5+,13-11+,19-17+,21-18+,24-22+,30-28+/t41-,42+/m0/s1. The molecule has 3 N–H and O–H groups in total. The van der Waals surface area contributed by atoms with Gasteiger partial charge in [0.2, 0.25) is 0 Å². The fraction of sp³-hybridized carbons (Fsp3) is 0.682. The Kier molecular flexibility index (Phi) is 37.8. The topological polar surface area (TPSA) is 149 Å². The highest BCUT2D eigenvalue weighted by atomic mass is 31.2. The molecule has 3 atom stereocenters. The molecule has 0 amide bonds. The Morgan fingerprint density at radius 3 is 1.58 bits per heavy atom. The molecule has 0 aromatic carbocycles. The second-order valence-corrected chi connectivity index (χ2v) is 15.1. The summed E-state index contributed by atoms with van der Waals surface area (Å²) < 4.78 is 32.6. The number of aliphatic hydroxyl groups is 2. The Bertz CT molecular complexity index is 1140. The maximum absolute atomic E-state index is 12.6. The third-order valence-electron chi connectivity index (χ3n) is 8.34. The fourth-order valence-electron chi connectivity index (χ4n) is 5.14. The van der Waals surface area contributed by atoms with Crippen molar-refractivity contribution in [2.75, 3.05) is 26.4 Å². The van der Waals surface area contributed by atoms with E-state index in [0.29, 0.717) is 19.3 Å². The van der Waals surface area contributed by atoms with Gasteiger partial charge in [0.25, 0.3) is 0 Å². The number of hydrogen-bond acceptors (Lipinski definition) is 9. The van der Waals surface area contributed by atoms with Crippen LogP contribution in [0.25, 0.3) is 0 Å². The summed E-state index contributed by atoms with van der Waals surface area (Å²) in [4.78, 5) is 34.9. The largest absolute Gasteiger partial charge is 0.472 e. The van der Waals surface area contributed by atoms with Crippen molar-refractivity contribution < 1.29 is 47.8 Å². The Morgan fingerprint density at radius 2 is 1.02 bits per heavy atom. The number of rotatable bonds is 38. The lowest BCUT2D eigenvalue weighted by atomic mass is 10.1. The van der Waals surface area contributed by atoms with Gasteiger partial charge in [-0.05, 0) is 77.0 Å². The number of carbonyl (C=O) groups excluding carboxylic acids is 2. The molecule has 0 bridgehead atoms. The van der Waals surface area contributed by atoms with E-state index >= 15 is 0 Å². The Morgan fingerprint density at radius 1 is 0.564 bits per heavy atom. The third kappa shape index (κ3) is 39.4. The highest BCUT2D eigenvalue weighted by molar-refractivity contribution is 7.47. The molecular weight excluding hydrogens is 719 g/mol. The van der Waals surface area contributed by atoms with Crippen LogP contribution in [0.1, 0.15) is 155 Å². The highest BCUT2D eigenvalue weighted by Gasteiger charge is 2.27. The van der Waals surface area contributed by atoms with E-state index in [-0.39, 0.29) is 19.4 Å². The molecule has 55 heavy (non-hydrogen) atoms. The molecular formula is C44H75O10P. The van der Waals surface area contributed by atoms with E-state index in [2.05, 4.69) is 79.1 Å². The molecule has 0 saturated carbocycles. The summed E-state index contributed by atoms with van der Waals surface area (Å²) in [6.45, 7) is 2.17. The number of ether oxygens (including phenoxy) is 2. The second kappa shape index (κ2) is 39.6. The van der Waals surface area contributed by atoms with E-state index in [0.717, 1.165) is 70.6 Å². The van der Waals surface area contributed by atoms with E-state index in [1.807, 2.05) is 12.2 Å². The monoisotopic (exact) mass is 795 g/mol. The molecule has 0 aromatic rings. The number of allylic oxidation sites excluding steroid dienone is 12. The lowest BCUT2D eigenvalue weighted by molar-refractivity contribution is -0.161. The van der Waals surface area contributed by atoms with Gasteiger partial charge in [-0.3, -0.25) is 18.6 Å². The van der Waals surface area contributed by atoms with Crippen molar-refractivity contribution >= 4 is 19.8 Å². The van der Waals surface area contributed by atoms with Crippen LogP contribution in [0.5, 0.6) is 0 Å². The van der Waals surface area contributed by atoms with Crippen LogP contribution >= 0.6 is 7.82 Å². The summed E-state index contributed by atoms with van der Waals surface area (Å²) >= 11 is 0. The molecule has 316 valence electrons. The predicted molar refractivity (Wildman–Crippen MR) is 223 cm³/mol. The van der Waals surface area contributed by atoms with Gasteiger partial charge in [-0.25, -0.2) is 4.57 Å². The number of phosphoric acid groups is 1. The van der Waals surface area contributed by atoms with Crippen LogP contribution in [0.2, 0.25) is 0 Å². The van der Waals surface area contributed by atoms with Crippen LogP contribution in [0.4, 0.5) is 0 Å². The van der Waals surface area contributed by atoms with Crippen molar-refractivity contribution in [3.63, 3.8) is 0 Å². The maximum Gasteiger partial charge on any atom is 0.472 e. The van der Waals surface area contributed by atoms with Gasteiger partial charge < -0.3 is 24.6 Å². The second-order valence-electron chi connectivity index (χ2n) is 13.6. The molecule has 10 nitrogen and oxygen atoms in total. The lowest BCUT2D eigenvalue weighted by Crippen LogP contribution is -2.29. The number of esters is 2. The Hall–Kier alpha value is -2.59. The van der Waals surface area contributed by atoms with Crippen LogP contribution < -0.4 is 0 Å². The van der Waals surface area contributed by atoms with E-state index in [1.54, 1.807) is 0 Å². The lowest BCUT2D eigenvalue weighted by Gasteiger charge is -2.20. The quantitative estimate of drug-likeness (QED) is 0.0239. The number of unbranched alkanes of at least 4 members (excludes halogenated alkanes) is 12. The molecule has 0 aliphatic heterocycles. The normalized spacial score (nSPS) is 14.6. The minimum atomic E-state index is -4.64. The van der Waals surface area contributed by atoms with Crippen LogP contribution in [0, 0.1) is 0 Å². The van der Waals surface area contributed by atoms with Gasteiger partial charge in [0.15, 0.2) is 6.10 Å². The highest BCUT2D eigenvalue weighted by Crippen LogP contribution is 2.43. The van der Waals surface area contributed by atoms with Gasteiger partial charge in [0.1, 0.15) is 12.7 Å². The minimum Gasteiger partial charge on any atom is -0.462 e. The average Bonchev–Trinajstić information content (AvgIpc) is 3.17. The number of hydrogen-bond donors (Lipinski definition) is 3. The first-order valence-corrected chi connectivity index (χ1v) is 22.4. The van der Waals surface area contributed by atoms with E-state index < -0.39 is 51.8 Å². The van der Waals surface area contributed by atoms with Gasteiger partial charge in [0, 0.05) is 12.8 Å². The van der Waals surface area contributed by atoms with E-state index in [4.69, 9.17) is 19.1 Å². The molecule has 0 aromatic heterocycles. The van der Waals surface area contributed by atoms with Gasteiger partial charge >= 0.3 is 19.8 Å². The van der Waals surface area contributed by atoms with Gasteiger partial charge in [-0.15, -0.1) is 0 Å². The summed E-state index contributed by atoms with van der Waals surface area (Å²) in [5, 5.41) is 18.3. The fourth-order valence-corrected chi connectivity index (χ4v) is 5.93. The smallest absolute Gasteiger partial charge is 0.462 e. The minimum absolute atomic E-state index is 0.101. The molecule has 0 rings (SSSR count). The van der Waals surface area contributed by atoms with E-state index in [1.165, 1.54) is 38.5 Å². The molecule has 0 aliphatic rings. The molecule has 0 spiro atoms. The molecule has 0 aliphatic carbocycles. The molecule has 11 heteroatoms. The van der Waals surface area contributed by atoms with Crippen LogP contribution in [0.3, 0.4) is 0 Å². The molecule has 0 saturated heterocycles. The zero-order valence-corrected chi connectivity index (χ0v) is 35.0. The molecule has 0 heterocycles. The Balaban J connectivity index is 4.45. The van der Waals surface area contributed by atoms with Crippen molar-refractivity contribution in [3.8, 4) is 0 Å². The van der Waals surface area contributed by atoms with Crippen molar-refractivity contribution in [1.29, 1.82) is 0 Å². The number of carbonyl (C=O) groups is 2. The molecule has 0 fully saturated rings. The summed E-state index contributed by atoms with van der Waals surface area (Å²) in [5.41, 5.74) is 0. The number of aliphatic hydroxyl groups excluding tert-OH is 2. The van der Waals surface area contributed by atoms with Crippen molar-refractivity contribution in [3.05, 3.63) is 72.9 Å². The van der Waals surface area contributed by atoms with Crippen LogP contribution in [0.15, 0.2) is 72.9 Å². The Labute approximate surface area is 333 Å². The van der Waals surface area contributed by atoms with Gasteiger partial charge in [-0.2, -0.15) is 0 Å². The van der Waals surface area contributed by atoms with Gasteiger partial charge in [-0.1, -0.05) is 138 Å². The van der Waals surface area contributed by atoms with Crippen molar-refractivity contribution in [2.24, 2.45) is 0 Å². The van der Waals surface area contributed by atoms with E-state index in [9.17, 15) is 24.2 Å². The van der Waals surface area contributed by atoms with Crippen LogP contribution in [-0.4, -0.2) is 65.7 Å². The summed E-state index contributed by atoms with van der Waals surface area (Å²) in [5.74, 6) is -1.01. The molecule has 0 radical (unpaired) electrons. The first-order valence-electron chi connectivity index (χ1n) is 20.9. The average molecular weight is 795 g/mol. The summed E-state index contributed by atoms with van der Waals surface area (Å²) in [6.07, 6.45) is 44.5. The zero-order chi connectivity index (χ0) is 40.5. The summed E-state index contributed by atoms with van der Waals surface area (Å²) in [7, 11) is -4.64. The van der Waals surface area contributed by atoms with Gasteiger partial charge in [0.05, 0.1) is 19.8 Å². The first kappa shape index (κ1) is 52.4. The zero-order valence-electron chi connectivity index (χ0n) is 34.1. The third-order valence-corrected chi connectivity index (χ3v) is 9.30. The van der Waals surface area contributed by atoms with Crippen LogP contribution in [-0.2, 0) is 32.7 Å². The molecule has 1 unspecified atom stereocenters.